The van der Waals surface area contributed by atoms with Gasteiger partial charge in [0.25, 0.3) is 0 Å². The molecule has 0 saturated carbocycles. The zero-order valence-corrected chi connectivity index (χ0v) is 48.8. The molecule has 88 heavy (non-hydrogen) atoms. The molecule has 12 rings (SSSR count). The number of hydrogen-bond donors (Lipinski definition) is 3. The molecule has 0 unspecified atom stereocenters. The van der Waals surface area contributed by atoms with Crippen molar-refractivity contribution in [3.05, 3.63) is 251 Å². The van der Waals surface area contributed by atoms with Gasteiger partial charge in [-0.25, -0.2) is 14.4 Å². The molecule has 0 aromatic heterocycles. The largest absolute Gasteiger partial charge is 0.872 e. The molecule has 4 aliphatic rings. The van der Waals surface area contributed by atoms with Gasteiger partial charge < -0.3 is 49.3 Å². The van der Waals surface area contributed by atoms with Crippen LogP contribution in [0.3, 0.4) is 0 Å². The maximum absolute atomic E-state index is 12.0. The zero-order chi connectivity index (χ0) is 64.3. The fourth-order valence-corrected chi connectivity index (χ4v) is 9.63. The Bertz CT molecular complexity index is 4680. The van der Waals surface area contributed by atoms with Crippen molar-refractivity contribution >= 4 is 71.0 Å². The minimum atomic E-state index is -1.14. The first-order valence-electron chi connectivity index (χ1n) is 27.4. The minimum absolute atomic E-state index is 0.00593. The molecule has 3 aliphatic heterocycles. The average Bonchev–Trinajstić information content (AvgIpc) is 1.29. The van der Waals surface area contributed by atoms with Gasteiger partial charge in [0.15, 0.2) is 11.2 Å². The molecule has 16 heteroatoms. The van der Waals surface area contributed by atoms with Crippen molar-refractivity contribution < 1.29 is 73.3 Å². The van der Waals surface area contributed by atoms with Gasteiger partial charge in [0.05, 0.1) is 16.7 Å². The number of carbonyl (C=O) groups is 6. The van der Waals surface area contributed by atoms with E-state index in [1.165, 1.54) is 99.6 Å². The second kappa shape index (κ2) is 27.8. The summed E-state index contributed by atoms with van der Waals surface area (Å²) in [5.41, 5.74) is 5.91. The lowest BCUT2D eigenvalue weighted by Gasteiger charge is -2.23. The van der Waals surface area contributed by atoms with Crippen LogP contribution < -0.4 is 51.1 Å². The van der Waals surface area contributed by atoms with Gasteiger partial charge in [0.1, 0.15) is 46.4 Å². The van der Waals surface area contributed by atoms with Crippen LogP contribution in [-0.2, 0) is 4.79 Å². The number of fused-ring (bicyclic) bond motifs is 6. The quantitative estimate of drug-likeness (QED) is 0.0724. The lowest BCUT2D eigenvalue weighted by atomic mass is 9.88. The summed E-state index contributed by atoms with van der Waals surface area (Å²) in [5, 5.41) is 67.7. The van der Waals surface area contributed by atoms with E-state index in [0.29, 0.717) is 118 Å². The number of benzene rings is 9. The van der Waals surface area contributed by atoms with E-state index < -0.39 is 17.9 Å². The van der Waals surface area contributed by atoms with Gasteiger partial charge in [-0.15, -0.1) is 17.2 Å². The van der Waals surface area contributed by atoms with Crippen LogP contribution in [0.1, 0.15) is 123 Å². The van der Waals surface area contributed by atoms with E-state index in [4.69, 9.17) is 13.9 Å². The molecule has 0 amide bonds. The number of carbonyl (C=O) groups excluding carboxylic acids is 3. The molecule has 8 aromatic carbocycles. The van der Waals surface area contributed by atoms with Gasteiger partial charge in [0.2, 0.25) is 0 Å². The van der Waals surface area contributed by atoms with Crippen LogP contribution in [0, 0.1) is 0 Å². The number of carboxylic acid groups (broad SMARTS) is 3. The van der Waals surface area contributed by atoms with E-state index in [1.54, 1.807) is 84.9 Å². The predicted molar refractivity (Wildman–Crippen MR) is 330 cm³/mol. The first-order chi connectivity index (χ1) is 42.1. The van der Waals surface area contributed by atoms with Crippen LogP contribution >= 0.6 is 0 Å². The molecule has 0 bridgehead atoms. The maximum Gasteiger partial charge on any atom is 0.336 e. The van der Waals surface area contributed by atoms with E-state index >= 15 is 0 Å². The van der Waals surface area contributed by atoms with E-state index in [2.05, 4.69) is 13.2 Å². The average molecular weight is 1180 g/mol. The molecule has 444 valence electrons. The zero-order valence-electron chi connectivity index (χ0n) is 48.8. The van der Waals surface area contributed by atoms with Crippen molar-refractivity contribution in [1.29, 1.82) is 0 Å². The van der Waals surface area contributed by atoms with Gasteiger partial charge in [-0.2, -0.15) is 0 Å². The molecule has 3 N–H and O–H groups in total. The molecule has 0 spiro atoms. The minimum Gasteiger partial charge on any atom is -0.872 e. The fourth-order valence-electron chi connectivity index (χ4n) is 9.63. The number of aromatic carboxylic acids is 3. The summed E-state index contributed by atoms with van der Waals surface area (Å²) in [6.45, 7) is 20.2. The highest BCUT2D eigenvalue weighted by atomic mass is 16.5. The number of hydrogen-bond acceptors (Lipinski definition) is 13. The molecule has 3 heterocycles. The Hall–Kier alpha value is -11.7. The topological polar surface area (TPSA) is 281 Å². The van der Waals surface area contributed by atoms with Crippen LogP contribution in [0.2, 0.25) is 0 Å². The Labute approximate surface area is 504 Å². The summed E-state index contributed by atoms with van der Waals surface area (Å²) in [5.74, 6) is -2.06. The molecule has 0 radical (unpaired) electrons. The van der Waals surface area contributed by atoms with Gasteiger partial charge in [-0.1, -0.05) is 138 Å². The summed E-state index contributed by atoms with van der Waals surface area (Å²) in [7, 11) is 0. The summed E-state index contributed by atoms with van der Waals surface area (Å²) in [6, 6.07) is 43.7. The van der Waals surface area contributed by atoms with E-state index in [1.807, 2.05) is 33.8 Å². The van der Waals surface area contributed by atoms with E-state index in [0.717, 1.165) is 10.4 Å². The Kier molecular flexibility index (Phi) is 20.2. The molecule has 0 fully saturated rings. The number of carboxylic acids is 3. The van der Waals surface area contributed by atoms with Crippen LogP contribution in [-0.4, -0.2) is 51.1 Å². The molecule has 1 aliphatic carbocycles. The highest BCUT2D eigenvalue weighted by molar-refractivity contribution is 6.08. The number of ether oxygens (including phenoxy) is 2. The van der Waals surface area contributed by atoms with Crippen molar-refractivity contribution in [3.63, 3.8) is 0 Å². The monoisotopic (exact) mass is 1180 g/mol. The molecule has 16 nitrogen and oxygen atoms in total. The first-order valence-corrected chi connectivity index (χ1v) is 27.4. The Morgan fingerprint density at radius 2 is 0.955 bits per heavy atom. The van der Waals surface area contributed by atoms with Crippen molar-refractivity contribution in [3.8, 4) is 62.7 Å². The van der Waals surface area contributed by atoms with Crippen LogP contribution in [0.25, 0.3) is 57.7 Å². The van der Waals surface area contributed by atoms with Crippen LogP contribution in [0.4, 0.5) is 0 Å². The van der Waals surface area contributed by atoms with Crippen molar-refractivity contribution in [2.24, 2.45) is 0 Å². The van der Waals surface area contributed by atoms with E-state index in [9.17, 15) is 64.2 Å². The van der Waals surface area contributed by atoms with Gasteiger partial charge >= 0.3 is 17.9 Å². The highest BCUT2D eigenvalue weighted by Crippen LogP contribution is 2.43. The molecular weight excluding hydrogens is 1120 g/mol. The third-order valence-electron chi connectivity index (χ3n) is 13.2. The predicted octanol–water partition coefficient (Wildman–Crippen LogP) is 10.4. The third kappa shape index (κ3) is 13.9. The smallest absolute Gasteiger partial charge is 0.336 e. The molecule has 0 atom stereocenters. The second-order valence-corrected chi connectivity index (χ2v) is 19.3. The Morgan fingerprint density at radius 1 is 0.466 bits per heavy atom. The second-order valence-electron chi connectivity index (χ2n) is 19.3. The Morgan fingerprint density at radius 3 is 1.49 bits per heavy atom. The lowest BCUT2D eigenvalue weighted by molar-refractivity contribution is -0.269. The highest BCUT2D eigenvalue weighted by Gasteiger charge is 2.27. The Balaban J connectivity index is 0.000000178. The van der Waals surface area contributed by atoms with Crippen molar-refractivity contribution in [2.75, 3.05) is 0 Å². The SMILES string of the molecule is C=c1ccc2c(c1)Oc1cc([O-])ccc1C=2c1cc(C=O)ccc1C(=O)O.C=c1ccc2c(c1)Oc1cc([O-])ccc1C=2c1ccc(C(C)=O)cc1C(=O)O.CC.CC.CC(C)=O.O=C(O)c1ccccc1-c1c2ccc(=O)cc-2oc2cc([O-])ccc12. The number of ketones is 2. The summed E-state index contributed by atoms with van der Waals surface area (Å²) < 4.78 is 17.5. The summed E-state index contributed by atoms with van der Waals surface area (Å²) >= 11 is 0. The fraction of sp³-hybridized carbons (Fsp3) is 0.0972. The van der Waals surface area contributed by atoms with Crippen LogP contribution in [0.5, 0.6) is 40.2 Å². The number of Topliss-reactive ketones (excluding diaryl/α,β-unsaturated/α-hetero) is 2. The standard InChI is InChI=1S/C23H16O5.C22H14O5.C20H12O5.C3H6O.2C2H6/c1-12-3-6-17-20(9-12)28-21-11-15(25)5-8-18(21)22(17)16-7-4-14(13(2)24)10-19(16)23(26)27;1-12-2-5-16-19(8-12)27-20-10-14(24)4-7-17(20)21(16)18-9-13(11-23)3-6-15(18)22(25)26;21-11-5-7-15-17(9-11)25-18-10-12(22)6-8-16(18)19(15)13-3-1-2-4-14(13)20(23)24;1-3(2)4;2*1-2/h3-11,25H,1H2,2H3,(H,26,27);2-11,24H,1H2,(H,25,26);1-10,21H,(H,23,24);1-2H3;2*1-2H3/p-3. The van der Waals surface area contributed by atoms with Gasteiger partial charge in [0, 0.05) is 66.4 Å². The van der Waals surface area contributed by atoms with Crippen molar-refractivity contribution in [1.82, 2.24) is 0 Å². The van der Waals surface area contributed by atoms with Gasteiger partial charge in [-0.3, -0.25) is 14.4 Å². The summed E-state index contributed by atoms with van der Waals surface area (Å²) in [6.07, 6.45) is 0.663. The lowest BCUT2D eigenvalue weighted by Crippen LogP contribution is -2.21. The normalized spacial score (nSPS) is 11.0. The van der Waals surface area contributed by atoms with Crippen LogP contribution in [0.15, 0.2) is 179 Å². The third-order valence-corrected chi connectivity index (χ3v) is 13.2. The number of aldehydes is 1. The molecule has 8 aromatic rings. The molecular formula is C72H57O16-3. The maximum atomic E-state index is 12.0. The van der Waals surface area contributed by atoms with Gasteiger partial charge in [-0.05, 0) is 115 Å². The summed E-state index contributed by atoms with van der Waals surface area (Å²) in [4.78, 5) is 79.5. The number of rotatable bonds is 8. The van der Waals surface area contributed by atoms with E-state index in [-0.39, 0.29) is 50.9 Å². The molecule has 0 saturated heterocycles. The first kappa shape index (κ1) is 63.9. The van der Waals surface area contributed by atoms with Crippen molar-refractivity contribution in [2.45, 2.75) is 48.5 Å².